The van der Waals surface area contributed by atoms with Crippen molar-refractivity contribution >= 4 is 39.1 Å². The number of amides is 2. The van der Waals surface area contributed by atoms with Gasteiger partial charge >= 0.3 is 17.4 Å². The largest absolute Gasteiger partial charge is 0.391 e. The summed E-state index contributed by atoms with van der Waals surface area (Å²) < 4.78 is 0. The van der Waals surface area contributed by atoms with Crippen molar-refractivity contribution in [2.45, 2.75) is 30.1 Å². The summed E-state index contributed by atoms with van der Waals surface area (Å²) in [6.07, 6.45) is 0.895. The lowest BCUT2D eigenvalue weighted by molar-refractivity contribution is -0.533. The van der Waals surface area contributed by atoms with Gasteiger partial charge in [-0.2, -0.15) is 0 Å². The molecule has 0 aliphatic carbocycles. The summed E-state index contributed by atoms with van der Waals surface area (Å²) in [5.41, 5.74) is -1.64. The van der Waals surface area contributed by atoms with Crippen molar-refractivity contribution in [2.75, 3.05) is 10.0 Å². The zero-order valence-corrected chi connectivity index (χ0v) is 16.2. The molecule has 27 heavy (non-hydrogen) atoms. The predicted octanol–water partition coefficient (Wildman–Crippen LogP) is 3.56. The van der Waals surface area contributed by atoms with Crippen molar-refractivity contribution in [3.8, 4) is 0 Å². The Labute approximate surface area is 164 Å². The van der Waals surface area contributed by atoms with Crippen molar-refractivity contribution in [1.82, 2.24) is 0 Å². The molecule has 3 rings (SSSR count). The Morgan fingerprint density at radius 3 is 1.70 bits per heavy atom. The number of rotatable bonds is 6. The van der Waals surface area contributed by atoms with Gasteiger partial charge in [-0.3, -0.25) is 19.7 Å². The molecule has 1 unspecified atom stereocenters. The first kappa shape index (κ1) is 19.0. The Bertz CT molecular complexity index is 802. The molecule has 2 amide bonds. The van der Waals surface area contributed by atoms with Crippen molar-refractivity contribution in [1.29, 1.82) is 0 Å². The summed E-state index contributed by atoms with van der Waals surface area (Å²) in [7, 11) is 0. The van der Waals surface area contributed by atoms with Gasteiger partial charge in [-0.15, -0.1) is 0 Å². The summed E-state index contributed by atoms with van der Waals surface area (Å²) in [6, 6.07) is 16.9. The van der Waals surface area contributed by atoms with E-state index < -0.39 is 27.1 Å². The Morgan fingerprint density at radius 2 is 1.37 bits per heavy atom. The predicted molar refractivity (Wildman–Crippen MR) is 105 cm³/mol. The molecule has 1 saturated heterocycles. The molecule has 8 heteroatoms. The monoisotopic (exact) mass is 431 g/mol. The zero-order chi connectivity index (χ0) is 19.6. The topological polar surface area (TPSA) is 83.8 Å². The van der Waals surface area contributed by atoms with Crippen LogP contribution in [0.4, 0.5) is 11.4 Å². The smallest absolute Gasteiger partial charge is 0.263 e. The van der Waals surface area contributed by atoms with Crippen LogP contribution < -0.4 is 10.0 Å². The number of nitro groups is 1. The number of benzene rings is 2. The molecule has 1 aliphatic heterocycles. The maximum absolute atomic E-state index is 13.4. The lowest BCUT2D eigenvalue weighted by atomic mass is 9.92. The molecule has 1 heterocycles. The number of hydrogen-bond donors (Lipinski definition) is 0. The standard InChI is InChI=1S/C19H18BrN3O4/c1-2-9-16(20)19(23(26)27)17(24)21(14-10-5-3-6-11-14)22(18(19)25)15-12-7-4-8-13-15/h3-8,10-13,16H,2,9H2,1H3. The van der Waals surface area contributed by atoms with Crippen LogP contribution in [0.15, 0.2) is 60.7 Å². The molecule has 0 bridgehead atoms. The minimum atomic E-state index is -2.41. The van der Waals surface area contributed by atoms with Crippen LogP contribution in [0, 0.1) is 10.1 Å². The van der Waals surface area contributed by atoms with Gasteiger partial charge in [0.2, 0.25) is 0 Å². The highest BCUT2D eigenvalue weighted by Gasteiger charge is 2.72. The fourth-order valence-corrected chi connectivity index (χ4v) is 4.22. The van der Waals surface area contributed by atoms with Gasteiger partial charge in [0.25, 0.3) is 0 Å². The second-order valence-corrected chi connectivity index (χ2v) is 7.29. The number of carbonyl (C=O) groups excluding carboxylic acids is 2. The number of anilines is 2. The Hall–Kier alpha value is -2.74. The number of nitrogens with zero attached hydrogens (tertiary/aromatic N) is 3. The molecule has 7 nitrogen and oxygen atoms in total. The van der Waals surface area contributed by atoms with E-state index in [2.05, 4.69) is 15.9 Å². The van der Waals surface area contributed by atoms with Gasteiger partial charge in [0, 0.05) is 4.92 Å². The minimum absolute atomic E-state index is 0.309. The van der Waals surface area contributed by atoms with Crippen LogP contribution in [-0.2, 0) is 9.59 Å². The Balaban J connectivity index is 2.23. The second kappa shape index (κ2) is 7.48. The highest BCUT2D eigenvalue weighted by atomic mass is 79.9. The van der Waals surface area contributed by atoms with Gasteiger partial charge in [-0.1, -0.05) is 65.7 Å². The highest BCUT2D eigenvalue weighted by molar-refractivity contribution is 9.09. The first-order chi connectivity index (χ1) is 13.0. The lowest BCUT2D eigenvalue weighted by Crippen LogP contribution is -2.57. The molecule has 1 atom stereocenters. The van der Waals surface area contributed by atoms with E-state index in [1.165, 1.54) is 0 Å². The Morgan fingerprint density at radius 1 is 0.963 bits per heavy atom. The molecule has 2 aromatic carbocycles. The quantitative estimate of drug-likeness (QED) is 0.303. The summed E-state index contributed by atoms with van der Waals surface area (Å²) >= 11 is 3.27. The van der Waals surface area contributed by atoms with Gasteiger partial charge in [-0.25, -0.2) is 10.0 Å². The lowest BCUT2D eigenvalue weighted by Gasteiger charge is -2.26. The molecule has 0 saturated carbocycles. The number of hydrazine groups is 1. The van der Waals surface area contributed by atoms with E-state index in [0.29, 0.717) is 24.2 Å². The number of halogens is 1. The molecule has 1 fully saturated rings. The molecule has 1 aliphatic rings. The third kappa shape index (κ3) is 2.90. The molecule has 140 valence electrons. The van der Waals surface area contributed by atoms with Crippen molar-refractivity contribution in [3.63, 3.8) is 0 Å². The third-order valence-corrected chi connectivity index (χ3v) is 5.64. The van der Waals surface area contributed by atoms with Crippen LogP contribution in [0.25, 0.3) is 0 Å². The normalized spacial score (nSPS) is 17.3. The van der Waals surface area contributed by atoms with E-state index in [1.807, 2.05) is 6.92 Å². The average Bonchev–Trinajstić information content (AvgIpc) is 2.91. The van der Waals surface area contributed by atoms with Gasteiger partial charge < -0.3 is 0 Å². The SMILES string of the molecule is CCCC(Br)C1([N+](=O)[O-])C(=O)N(c2ccccc2)N(c2ccccc2)C1=O. The number of para-hydroxylation sites is 2. The van der Waals surface area contributed by atoms with E-state index in [0.717, 1.165) is 10.0 Å². The van der Waals surface area contributed by atoms with E-state index in [9.17, 15) is 19.7 Å². The molecular weight excluding hydrogens is 414 g/mol. The van der Waals surface area contributed by atoms with Crippen molar-refractivity contribution < 1.29 is 14.5 Å². The first-order valence-corrected chi connectivity index (χ1v) is 9.45. The number of alkyl halides is 1. The summed E-state index contributed by atoms with van der Waals surface area (Å²) in [5, 5.41) is 14.3. The van der Waals surface area contributed by atoms with E-state index in [-0.39, 0.29) is 0 Å². The maximum Gasteiger partial charge on any atom is 0.391 e. The van der Waals surface area contributed by atoms with Gasteiger partial charge in [0.05, 0.1) is 11.4 Å². The van der Waals surface area contributed by atoms with Gasteiger partial charge in [-0.05, 0) is 30.7 Å². The van der Waals surface area contributed by atoms with E-state index in [4.69, 9.17) is 0 Å². The maximum atomic E-state index is 13.4. The summed E-state index contributed by atoms with van der Waals surface area (Å²) in [5.74, 6) is -1.74. The van der Waals surface area contributed by atoms with Crippen LogP contribution in [0.2, 0.25) is 0 Å². The molecule has 0 aromatic heterocycles. The third-order valence-electron chi connectivity index (χ3n) is 4.52. The second-order valence-electron chi connectivity index (χ2n) is 6.18. The molecule has 2 aromatic rings. The highest BCUT2D eigenvalue weighted by Crippen LogP contribution is 2.40. The molecule has 0 spiro atoms. The molecule has 0 N–H and O–H groups in total. The van der Waals surface area contributed by atoms with E-state index >= 15 is 0 Å². The molecular formula is C19H18BrN3O4. The van der Waals surface area contributed by atoms with Crippen LogP contribution in [0.5, 0.6) is 0 Å². The van der Waals surface area contributed by atoms with Gasteiger partial charge in [0.15, 0.2) is 0 Å². The van der Waals surface area contributed by atoms with Gasteiger partial charge in [0.1, 0.15) is 4.83 Å². The molecule has 0 radical (unpaired) electrons. The van der Waals surface area contributed by atoms with E-state index in [1.54, 1.807) is 60.7 Å². The first-order valence-electron chi connectivity index (χ1n) is 8.54. The zero-order valence-electron chi connectivity index (χ0n) is 14.6. The van der Waals surface area contributed by atoms with Crippen molar-refractivity contribution in [3.05, 3.63) is 70.8 Å². The van der Waals surface area contributed by atoms with Crippen LogP contribution in [0.1, 0.15) is 19.8 Å². The fraction of sp³-hybridized carbons (Fsp3) is 0.263. The fourth-order valence-electron chi connectivity index (χ4n) is 3.20. The number of carbonyl (C=O) groups is 2. The number of hydrogen-bond acceptors (Lipinski definition) is 4. The van der Waals surface area contributed by atoms with Crippen LogP contribution in [0.3, 0.4) is 0 Å². The van der Waals surface area contributed by atoms with Crippen LogP contribution in [-0.4, -0.2) is 27.1 Å². The average molecular weight is 432 g/mol. The Kier molecular flexibility index (Phi) is 5.27. The summed E-state index contributed by atoms with van der Waals surface area (Å²) in [6.45, 7) is 1.84. The summed E-state index contributed by atoms with van der Waals surface area (Å²) in [4.78, 5) is 37.2. The van der Waals surface area contributed by atoms with Crippen molar-refractivity contribution in [2.24, 2.45) is 0 Å². The van der Waals surface area contributed by atoms with Crippen LogP contribution >= 0.6 is 15.9 Å². The minimum Gasteiger partial charge on any atom is -0.263 e.